The van der Waals surface area contributed by atoms with E-state index in [9.17, 15) is 29.3 Å². The Balaban J connectivity index is 1.38. The number of nitrogens with zero attached hydrogens (tertiary/aromatic N) is 4. The Morgan fingerprint density at radius 1 is 1.05 bits per heavy atom. The van der Waals surface area contributed by atoms with E-state index >= 15 is 0 Å². The lowest BCUT2D eigenvalue weighted by Crippen LogP contribution is -2.33. The third kappa shape index (κ3) is 4.81. The highest BCUT2D eigenvalue weighted by Gasteiger charge is 2.57. The number of nitrogens with one attached hydrogen (secondary N) is 1. The second kappa shape index (κ2) is 10.6. The van der Waals surface area contributed by atoms with Gasteiger partial charge in [-0.15, -0.1) is 0 Å². The second-order valence-electron chi connectivity index (χ2n) is 9.29. The van der Waals surface area contributed by atoms with Crippen LogP contribution in [0, 0.1) is 16.0 Å². The molecule has 6 rings (SSSR count). The van der Waals surface area contributed by atoms with Crippen LogP contribution in [-0.4, -0.2) is 37.4 Å². The molecule has 2 aliphatic heterocycles. The van der Waals surface area contributed by atoms with E-state index in [4.69, 9.17) is 11.6 Å². The highest BCUT2D eigenvalue weighted by molar-refractivity contribution is 8.00. The van der Waals surface area contributed by atoms with Crippen LogP contribution in [0.1, 0.15) is 16.4 Å². The molecule has 11 nitrogen and oxygen atoms in total. The second-order valence-corrected chi connectivity index (χ2v) is 11.9. The van der Waals surface area contributed by atoms with Crippen LogP contribution >= 0.6 is 34.7 Å². The van der Waals surface area contributed by atoms with Gasteiger partial charge in [0.15, 0.2) is 0 Å². The van der Waals surface area contributed by atoms with Crippen molar-refractivity contribution < 1.29 is 19.3 Å². The van der Waals surface area contributed by atoms with Gasteiger partial charge in [0.05, 0.1) is 21.6 Å². The number of hydrogen-bond acceptors (Lipinski definition) is 9. The molecule has 2 aliphatic rings. The minimum atomic E-state index is -0.894. The minimum absolute atomic E-state index is 0.170. The molecule has 2 aromatic carbocycles. The number of halogens is 1. The number of non-ortho nitro benzene ring substituents is 1. The third-order valence-electron chi connectivity index (χ3n) is 6.84. The maximum atomic E-state index is 13.8. The summed E-state index contributed by atoms with van der Waals surface area (Å²) in [4.78, 5) is 69.6. The highest BCUT2D eigenvalue weighted by atomic mass is 35.5. The highest BCUT2D eigenvalue weighted by Crippen LogP contribution is 2.53. The molecule has 4 aromatic rings. The van der Waals surface area contributed by atoms with Gasteiger partial charge in [0, 0.05) is 46.0 Å². The quantitative estimate of drug-likeness (QED) is 0.194. The van der Waals surface area contributed by atoms with Crippen molar-refractivity contribution in [2.75, 3.05) is 10.2 Å². The normalized spacial score (nSPS) is 19.5. The van der Waals surface area contributed by atoms with Crippen LogP contribution in [0.5, 0.6) is 0 Å². The topological polar surface area (TPSA) is 145 Å². The van der Waals surface area contributed by atoms with Gasteiger partial charge in [-0.1, -0.05) is 40.8 Å². The first-order valence-corrected chi connectivity index (χ1v) is 14.3. The predicted octanol–water partition coefficient (Wildman–Crippen LogP) is 4.30. The Morgan fingerprint density at radius 2 is 1.78 bits per heavy atom. The molecule has 1 fully saturated rings. The average Bonchev–Trinajstić information content (AvgIpc) is 3.40. The van der Waals surface area contributed by atoms with Gasteiger partial charge in [0.2, 0.25) is 17.7 Å². The fraction of sp³-hybridized carbons (Fsp3) is 0.148. The molecule has 0 aliphatic carbocycles. The summed E-state index contributed by atoms with van der Waals surface area (Å²) in [5.74, 6) is -2.95. The summed E-state index contributed by atoms with van der Waals surface area (Å²) < 4.78 is 1.32. The number of aromatic nitrogens is 2. The standard InChI is InChI=1S/C27H18ClN5O6S2/c28-15-3-5-16(6-4-15)30-19(34)13-31-26-23(41-27(31)37)20(14-2-1-11-29-12-14)21-22(40-26)25(36)32(24(21)35)17-7-9-18(10-8-17)33(38)39/h1-12,20-22H,13H2,(H,30,34). The summed E-state index contributed by atoms with van der Waals surface area (Å²) in [6, 6.07) is 15.2. The zero-order chi connectivity index (χ0) is 28.8. The van der Waals surface area contributed by atoms with E-state index in [1.807, 2.05) is 0 Å². The van der Waals surface area contributed by atoms with Crippen molar-refractivity contribution in [3.05, 3.63) is 108 Å². The van der Waals surface area contributed by atoms with E-state index in [2.05, 4.69) is 10.3 Å². The Kier molecular flexibility index (Phi) is 6.93. The molecule has 3 unspecified atom stereocenters. The summed E-state index contributed by atoms with van der Waals surface area (Å²) in [7, 11) is 0. The van der Waals surface area contributed by atoms with Crippen molar-refractivity contribution in [1.29, 1.82) is 0 Å². The number of nitro groups is 1. The number of hydrogen-bond donors (Lipinski definition) is 1. The predicted molar refractivity (Wildman–Crippen MR) is 153 cm³/mol. The van der Waals surface area contributed by atoms with Crippen molar-refractivity contribution in [3.8, 4) is 0 Å². The number of rotatable bonds is 6. The van der Waals surface area contributed by atoms with E-state index in [1.165, 1.54) is 28.8 Å². The summed E-state index contributed by atoms with van der Waals surface area (Å²) in [6.07, 6.45) is 3.18. The number of pyridine rings is 1. The van der Waals surface area contributed by atoms with Gasteiger partial charge in [0.1, 0.15) is 11.8 Å². The van der Waals surface area contributed by atoms with Crippen LogP contribution in [-0.2, 0) is 20.9 Å². The van der Waals surface area contributed by atoms with Crippen LogP contribution in [0.4, 0.5) is 17.1 Å². The van der Waals surface area contributed by atoms with E-state index in [0.717, 1.165) is 28.0 Å². The number of benzene rings is 2. The lowest BCUT2D eigenvalue weighted by molar-refractivity contribution is -0.384. The molecule has 0 spiro atoms. The number of nitro benzene ring substituents is 1. The Bertz CT molecular complexity index is 1760. The first-order valence-electron chi connectivity index (χ1n) is 12.2. The molecule has 41 heavy (non-hydrogen) atoms. The maximum Gasteiger partial charge on any atom is 0.308 e. The number of amides is 3. The minimum Gasteiger partial charge on any atom is -0.325 e. The molecular formula is C27H18ClN5O6S2. The molecule has 206 valence electrons. The SMILES string of the molecule is O=C(Cn1c2c(sc1=O)C(c1cccnc1)C1C(=O)N(c3ccc([N+](=O)[O-])cc3)C(=O)C1S2)Nc1ccc(Cl)cc1. The summed E-state index contributed by atoms with van der Waals surface area (Å²) in [5, 5.41) is 13.9. The number of anilines is 2. The van der Waals surface area contributed by atoms with Gasteiger partial charge in [-0.3, -0.25) is 38.8 Å². The first kappa shape index (κ1) is 26.9. The molecular weight excluding hydrogens is 590 g/mol. The number of imide groups is 1. The van der Waals surface area contributed by atoms with Crippen molar-refractivity contribution in [1.82, 2.24) is 9.55 Å². The van der Waals surface area contributed by atoms with E-state index < -0.39 is 44.6 Å². The average molecular weight is 608 g/mol. The van der Waals surface area contributed by atoms with Crippen LogP contribution in [0.3, 0.4) is 0 Å². The zero-order valence-corrected chi connectivity index (χ0v) is 23.2. The molecule has 0 bridgehead atoms. The monoisotopic (exact) mass is 607 g/mol. The van der Waals surface area contributed by atoms with E-state index in [0.29, 0.717) is 26.2 Å². The van der Waals surface area contributed by atoms with Crippen molar-refractivity contribution in [2.45, 2.75) is 22.7 Å². The van der Waals surface area contributed by atoms with Crippen LogP contribution in [0.15, 0.2) is 82.9 Å². The number of carbonyl (C=O) groups is 3. The molecule has 3 atom stereocenters. The number of thiazole rings is 1. The van der Waals surface area contributed by atoms with Gasteiger partial charge >= 0.3 is 4.87 Å². The molecule has 0 radical (unpaired) electrons. The lowest BCUT2D eigenvalue weighted by Gasteiger charge is -2.30. The molecule has 14 heteroatoms. The first-order chi connectivity index (χ1) is 19.7. The largest absolute Gasteiger partial charge is 0.325 e. The van der Waals surface area contributed by atoms with Gasteiger partial charge in [-0.2, -0.15) is 0 Å². The molecule has 2 aromatic heterocycles. The van der Waals surface area contributed by atoms with Gasteiger partial charge in [-0.25, -0.2) is 4.90 Å². The van der Waals surface area contributed by atoms with Crippen molar-refractivity contribution in [2.24, 2.45) is 5.92 Å². The molecule has 1 N–H and O–H groups in total. The fourth-order valence-corrected chi connectivity index (χ4v) is 7.93. The third-order valence-corrected chi connectivity index (χ3v) is 9.70. The maximum absolute atomic E-state index is 13.8. The molecule has 1 saturated heterocycles. The van der Waals surface area contributed by atoms with E-state index in [1.54, 1.807) is 48.8 Å². The summed E-state index contributed by atoms with van der Waals surface area (Å²) in [6.45, 7) is -0.300. The van der Waals surface area contributed by atoms with Gasteiger partial charge < -0.3 is 5.32 Å². The molecule has 0 saturated carbocycles. The van der Waals surface area contributed by atoms with E-state index in [-0.39, 0.29) is 17.9 Å². The van der Waals surface area contributed by atoms with Crippen molar-refractivity contribution in [3.63, 3.8) is 0 Å². The molecule has 4 heterocycles. The zero-order valence-electron chi connectivity index (χ0n) is 20.8. The Labute approximate surface area is 244 Å². The number of thioether (sulfide) groups is 1. The number of carbonyl (C=O) groups excluding carboxylic acids is 3. The van der Waals surface area contributed by atoms with Gasteiger partial charge in [0.25, 0.3) is 5.69 Å². The Hall–Kier alpha value is -4.33. The van der Waals surface area contributed by atoms with Gasteiger partial charge in [-0.05, 0) is 48.0 Å². The number of fused-ring (bicyclic) bond motifs is 2. The lowest BCUT2D eigenvalue weighted by atomic mass is 9.84. The van der Waals surface area contributed by atoms with Crippen molar-refractivity contribution >= 4 is 69.5 Å². The van der Waals surface area contributed by atoms with Crippen LogP contribution in [0.2, 0.25) is 5.02 Å². The summed E-state index contributed by atoms with van der Waals surface area (Å²) >= 11 is 7.92. The summed E-state index contributed by atoms with van der Waals surface area (Å²) in [5.41, 5.74) is 1.20. The Morgan fingerprint density at radius 3 is 2.44 bits per heavy atom. The van der Waals surface area contributed by atoms with Crippen LogP contribution < -0.4 is 15.1 Å². The molecule has 3 amide bonds. The van der Waals surface area contributed by atoms with Crippen LogP contribution in [0.25, 0.3) is 0 Å². The fourth-order valence-electron chi connectivity index (χ4n) is 5.03. The smallest absolute Gasteiger partial charge is 0.308 e.